The van der Waals surface area contributed by atoms with Crippen molar-refractivity contribution in [3.63, 3.8) is 0 Å². The number of rotatable bonds is 8. The van der Waals surface area contributed by atoms with E-state index < -0.39 is 8.32 Å². The highest BCUT2D eigenvalue weighted by molar-refractivity contribution is 6.74. The van der Waals surface area contributed by atoms with Crippen molar-refractivity contribution in [1.82, 2.24) is 4.90 Å². The molecule has 0 N–H and O–H groups in total. The van der Waals surface area contributed by atoms with Gasteiger partial charge in [-0.1, -0.05) is 112 Å². The van der Waals surface area contributed by atoms with E-state index in [1.807, 2.05) is 12.1 Å². The molecule has 1 aliphatic rings. The zero-order valence-corrected chi connectivity index (χ0v) is 23.5. The summed E-state index contributed by atoms with van der Waals surface area (Å²) in [6.07, 6.45) is 2.32. The quantitative estimate of drug-likeness (QED) is 0.305. The molecule has 4 rings (SSSR count). The number of hydrogen-bond acceptors (Lipinski definition) is 2. The minimum Gasteiger partial charge on any atom is -0.412 e. The van der Waals surface area contributed by atoms with Gasteiger partial charge in [-0.2, -0.15) is 0 Å². The van der Waals surface area contributed by atoms with Crippen molar-refractivity contribution in [1.29, 1.82) is 0 Å². The van der Waals surface area contributed by atoms with Gasteiger partial charge >= 0.3 is 0 Å². The molecule has 0 saturated carbocycles. The van der Waals surface area contributed by atoms with E-state index in [-0.39, 0.29) is 29.0 Å². The summed E-state index contributed by atoms with van der Waals surface area (Å²) in [5, 5.41) is 0.102. The first-order valence-electron chi connectivity index (χ1n) is 13.2. The molecule has 0 aliphatic carbocycles. The normalized spacial score (nSPS) is 21.0. The lowest BCUT2D eigenvalue weighted by molar-refractivity contribution is -0.148. The van der Waals surface area contributed by atoms with Crippen LogP contribution in [0.3, 0.4) is 0 Å². The number of carbonyl (C=O) groups is 1. The molecule has 4 heteroatoms. The van der Waals surface area contributed by atoms with Gasteiger partial charge in [-0.3, -0.25) is 4.79 Å². The molecule has 36 heavy (non-hydrogen) atoms. The zero-order valence-electron chi connectivity index (χ0n) is 22.5. The van der Waals surface area contributed by atoms with E-state index >= 15 is 0 Å². The minimum absolute atomic E-state index is 0.00113. The summed E-state index contributed by atoms with van der Waals surface area (Å²) in [5.41, 5.74) is 3.62. The average molecular weight is 500 g/mol. The lowest BCUT2D eigenvalue weighted by Gasteiger charge is -2.49. The predicted molar refractivity (Wildman–Crippen MR) is 151 cm³/mol. The Bertz CT molecular complexity index is 1110. The van der Waals surface area contributed by atoms with Crippen LogP contribution < -0.4 is 0 Å². The molecule has 1 aliphatic heterocycles. The fraction of sp³-hybridized carbons (Fsp3) is 0.406. The van der Waals surface area contributed by atoms with Crippen molar-refractivity contribution in [3.8, 4) is 0 Å². The van der Waals surface area contributed by atoms with Gasteiger partial charge in [0.1, 0.15) is 0 Å². The Morgan fingerprint density at radius 2 is 1.25 bits per heavy atom. The molecule has 1 saturated heterocycles. The molecule has 3 atom stereocenters. The van der Waals surface area contributed by atoms with Gasteiger partial charge in [-0.05, 0) is 54.1 Å². The van der Waals surface area contributed by atoms with E-state index in [0.29, 0.717) is 6.54 Å². The number of nitrogens with zero attached hydrogens (tertiary/aromatic N) is 1. The predicted octanol–water partition coefficient (Wildman–Crippen LogP) is 7.28. The van der Waals surface area contributed by atoms with Crippen LogP contribution in [0.5, 0.6) is 0 Å². The highest BCUT2D eigenvalue weighted by atomic mass is 28.4. The van der Waals surface area contributed by atoms with E-state index in [4.69, 9.17) is 4.43 Å². The van der Waals surface area contributed by atoms with Crippen LogP contribution in [-0.2, 0) is 28.6 Å². The molecule has 1 amide bonds. The van der Waals surface area contributed by atoms with Gasteiger partial charge in [0, 0.05) is 12.5 Å². The largest absolute Gasteiger partial charge is 0.412 e. The Balaban J connectivity index is 1.72. The standard InChI is InChI=1S/C32H41NO2Si/c1-32(2,3)36(4,5)35-30-23-28(21-25-15-9-6-10-16-25)31(34)33(24-27-19-13-8-14-20-27)29(30)22-26-17-11-7-12-18-26/h6-20,28-30H,21-24H2,1-5H3/t28-,29+,30+/m0/s1. The van der Waals surface area contributed by atoms with E-state index in [2.05, 4.69) is 118 Å². The third-order valence-electron chi connectivity index (χ3n) is 8.04. The number of benzene rings is 3. The number of carbonyl (C=O) groups excluding carboxylic acids is 1. The number of likely N-dealkylation sites (tertiary alicyclic amines) is 1. The first kappa shape index (κ1) is 26.4. The summed E-state index contributed by atoms with van der Waals surface area (Å²) < 4.78 is 7.16. The van der Waals surface area contributed by atoms with Crippen molar-refractivity contribution in [2.75, 3.05) is 0 Å². The Kier molecular flexibility index (Phi) is 8.16. The van der Waals surface area contributed by atoms with Crippen LogP contribution in [0.25, 0.3) is 0 Å². The molecule has 0 spiro atoms. The van der Waals surface area contributed by atoms with Crippen LogP contribution in [-0.4, -0.2) is 31.3 Å². The molecule has 1 heterocycles. The van der Waals surface area contributed by atoms with Crippen molar-refractivity contribution >= 4 is 14.2 Å². The molecule has 0 bridgehead atoms. The Morgan fingerprint density at radius 3 is 1.75 bits per heavy atom. The maximum atomic E-state index is 14.1. The molecule has 3 aromatic rings. The molecule has 3 aromatic carbocycles. The van der Waals surface area contributed by atoms with Gasteiger partial charge in [0.2, 0.25) is 5.91 Å². The second-order valence-corrected chi connectivity index (χ2v) is 16.5. The molecule has 190 valence electrons. The average Bonchev–Trinajstić information content (AvgIpc) is 2.85. The second kappa shape index (κ2) is 11.1. The summed E-state index contributed by atoms with van der Waals surface area (Å²) >= 11 is 0. The Morgan fingerprint density at radius 1 is 0.778 bits per heavy atom. The first-order valence-corrected chi connectivity index (χ1v) is 16.1. The van der Waals surface area contributed by atoms with Crippen molar-refractivity contribution in [2.45, 2.75) is 76.9 Å². The summed E-state index contributed by atoms with van der Waals surface area (Å²) in [6.45, 7) is 12.2. The Labute approximate surface area is 218 Å². The monoisotopic (exact) mass is 499 g/mol. The number of amides is 1. The minimum atomic E-state index is -2.05. The molecular formula is C32H41NO2Si. The second-order valence-electron chi connectivity index (χ2n) is 11.7. The van der Waals surface area contributed by atoms with E-state index in [0.717, 1.165) is 24.8 Å². The van der Waals surface area contributed by atoms with Crippen LogP contribution in [0.1, 0.15) is 43.9 Å². The Hall–Kier alpha value is -2.69. The third-order valence-corrected chi connectivity index (χ3v) is 12.5. The van der Waals surface area contributed by atoms with Gasteiger partial charge < -0.3 is 9.33 Å². The molecule has 0 aromatic heterocycles. The lowest BCUT2D eigenvalue weighted by atomic mass is 9.83. The number of piperidine rings is 1. The summed E-state index contributed by atoms with van der Waals surface area (Å²) in [6, 6.07) is 31.4. The lowest BCUT2D eigenvalue weighted by Crippen LogP contribution is -2.59. The molecular weight excluding hydrogens is 458 g/mol. The van der Waals surface area contributed by atoms with Crippen LogP contribution in [0.2, 0.25) is 18.1 Å². The van der Waals surface area contributed by atoms with Gasteiger partial charge in [0.05, 0.1) is 12.1 Å². The van der Waals surface area contributed by atoms with Crippen molar-refractivity contribution in [2.24, 2.45) is 5.92 Å². The molecule has 3 nitrogen and oxygen atoms in total. The smallest absolute Gasteiger partial charge is 0.226 e. The van der Waals surface area contributed by atoms with Crippen LogP contribution in [0, 0.1) is 5.92 Å². The summed E-state index contributed by atoms with van der Waals surface area (Å²) in [4.78, 5) is 16.3. The van der Waals surface area contributed by atoms with E-state index in [9.17, 15) is 4.79 Å². The maximum absolute atomic E-state index is 14.1. The first-order chi connectivity index (χ1) is 17.1. The third kappa shape index (κ3) is 6.35. The van der Waals surface area contributed by atoms with Crippen LogP contribution >= 0.6 is 0 Å². The highest BCUT2D eigenvalue weighted by Gasteiger charge is 2.47. The molecule has 0 unspecified atom stereocenters. The van der Waals surface area contributed by atoms with Crippen molar-refractivity contribution in [3.05, 3.63) is 108 Å². The van der Waals surface area contributed by atoms with Gasteiger partial charge in [0.25, 0.3) is 0 Å². The number of hydrogen-bond donors (Lipinski definition) is 0. The summed E-state index contributed by atoms with van der Waals surface area (Å²) in [7, 11) is -2.05. The fourth-order valence-corrected chi connectivity index (χ4v) is 6.32. The van der Waals surface area contributed by atoms with Gasteiger partial charge in [-0.25, -0.2) is 0 Å². The maximum Gasteiger partial charge on any atom is 0.226 e. The molecule has 1 fully saturated rings. The fourth-order valence-electron chi connectivity index (χ4n) is 4.96. The van der Waals surface area contributed by atoms with Crippen LogP contribution in [0.4, 0.5) is 0 Å². The van der Waals surface area contributed by atoms with Crippen molar-refractivity contribution < 1.29 is 9.22 Å². The van der Waals surface area contributed by atoms with Gasteiger partial charge in [0.15, 0.2) is 8.32 Å². The molecule has 0 radical (unpaired) electrons. The van der Waals surface area contributed by atoms with Gasteiger partial charge in [-0.15, -0.1) is 0 Å². The summed E-state index contributed by atoms with van der Waals surface area (Å²) in [5.74, 6) is 0.164. The van der Waals surface area contributed by atoms with E-state index in [1.165, 1.54) is 11.1 Å². The zero-order chi connectivity index (χ0) is 25.8. The van der Waals surface area contributed by atoms with Crippen LogP contribution in [0.15, 0.2) is 91.0 Å². The highest BCUT2D eigenvalue weighted by Crippen LogP contribution is 2.41. The van der Waals surface area contributed by atoms with E-state index in [1.54, 1.807) is 0 Å². The SMILES string of the molecule is CC(C)(C)[Si](C)(C)O[C@@H]1C[C@H](Cc2ccccc2)C(=O)N(Cc2ccccc2)[C@@H]1Cc1ccccc1. The topological polar surface area (TPSA) is 29.5 Å².